The van der Waals surface area contributed by atoms with E-state index in [0.717, 1.165) is 23.3 Å². The number of hydrogen-bond donors (Lipinski definition) is 2. The van der Waals surface area contributed by atoms with E-state index in [-0.39, 0.29) is 35.1 Å². The lowest BCUT2D eigenvalue weighted by Crippen LogP contribution is -2.51. The summed E-state index contributed by atoms with van der Waals surface area (Å²) in [5.74, 6) is -0.212. The second kappa shape index (κ2) is 9.66. The zero-order valence-electron chi connectivity index (χ0n) is 15.1. The van der Waals surface area contributed by atoms with Crippen LogP contribution >= 0.6 is 23.7 Å². The van der Waals surface area contributed by atoms with Gasteiger partial charge in [-0.05, 0) is 29.0 Å². The number of thiophene rings is 1. The summed E-state index contributed by atoms with van der Waals surface area (Å²) in [6.45, 7) is 3.79. The normalized spacial score (nSPS) is 17.4. The zero-order chi connectivity index (χ0) is 18.6. The molecular formula is C18H24ClN3O3S2. The lowest BCUT2D eigenvalue weighted by atomic mass is 10.0. The highest BCUT2D eigenvalue weighted by Crippen LogP contribution is 2.23. The molecule has 0 aliphatic carbocycles. The zero-order valence-corrected chi connectivity index (χ0v) is 17.5. The number of piperazine rings is 1. The smallest absolute Gasteiger partial charge is 0.250 e. The predicted octanol–water partition coefficient (Wildman–Crippen LogP) is 2.18. The van der Waals surface area contributed by atoms with Gasteiger partial charge in [0, 0.05) is 19.6 Å². The van der Waals surface area contributed by atoms with Crippen LogP contribution < -0.4 is 10.0 Å². The van der Waals surface area contributed by atoms with E-state index < -0.39 is 10.0 Å². The first-order chi connectivity index (χ1) is 12.5. The summed E-state index contributed by atoms with van der Waals surface area (Å²) in [7, 11) is -3.64. The molecule has 3 rings (SSSR count). The highest BCUT2D eigenvalue weighted by Gasteiger charge is 2.28. The van der Waals surface area contributed by atoms with E-state index in [4.69, 9.17) is 0 Å². The maximum Gasteiger partial charge on any atom is 0.250 e. The predicted molar refractivity (Wildman–Crippen MR) is 110 cm³/mol. The van der Waals surface area contributed by atoms with Crippen LogP contribution in [-0.2, 0) is 21.2 Å². The maximum absolute atomic E-state index is 12.7. The van der Waals surface area contributed by atoms with Crippen LogP contribution in [0.15, 0.2) is 46.0 Å². The third-order valence-corrected chi connectivity index (χ3v) is 7.31. The fraction of sp³-hybridized carbons (Fsp3) is 0.389. The minimum absolute atomic E-state index is 0. The van der Waals surface area contributed by atoms with Gasteiger partial charge in [0.05, 0.1) is 12.6 Å². The molecule has 1 atom stereocenters. The number of benzene rings is 1. The van der Waals surface area contributed by atoms with Crippen molar-refractivity contribution in [1.29, 1.82) is 0 Å². The number of nitrogens with zero attached hydrogens (tertiary/aromatic N) is 1. The van der Waals surface area contributed by atoms with E-state index in [1.165, 1.54) is 11.6 Å². The first kappa shape index (κ1) is 21.8. The minimum atomic E-state index is -3.64. The SMILES string of the molecule is CCc1ccc(C2CNCCN2C(=O)CNS(=O)(=O)c2cccs2)cc1.Cl. The summed E-state index contributed by atoms with van der Waals surface area (Å²) in [5.41, 5.74) is 2.31. The van der Waals surface area contributed by atoms with Crippen molar-refractivity contribution in [1.82, 2.24) is 14.9 Å². The molecule has 27 heavy (non-hydrogen) atoms. The van der Waals surface area contributed by atoms with Gasteiger partial charge in [-0.1, -0.05) is 37.3 Å². The van der Waals surface area contributed by atoms with Crippen molar-refractivity contribution < 1.29 is 13.2 Å². The standard InChI is InChI=1S/C18H23N3O3S2.ClH/c1-2-14-5-7-15(8-6-14)16-12-19-9-10-21(16)17(22)13-20-26(23,24)18-4-3-11-25-18;/h3-8,11,16,19-20H,2,9-10,12-13H2,1H3;1H. The quantitative estimate of drug-likeness (QED) is 0.737. The Labute approximate surface area is 170 Å². The Morgan fingerprint density at radius 2 is 2.04 bits per heavy atom. The molecule has 2 aromatic rings. The third kappa shape index (κ3) is 5.30. The molecular weight excluding hydrogens is 406 g/mol. The van der Waals surface area contributed by atoms with Crippen LogP contribution in [0.2, 0.25) is 0 Å². The minimum Gasteiger partial charge on any atom is -0.332 e. The van der Waals surface area contributed by atoms with Crippen LogP contribution in [0.5, 0.6) is 0 Å². The van der Waals surface area contributed by atoms with Crippen LogP contribution in [0.1, 0.15) is 24.1 Å². The van der Waals surface area contributed by atoms with E-state index in [1.807, 2.05) is 12.1 Å². The summed E-state index contributed by atoms with van der Waals surface area (Å²) in [6.07, 6.45) is 0.969. The number of carbonyl (C=O) groups is 1. The highest BCUT2D eigenvalue weighted by atomic mass is 35.5. The number of carbonyl (C=O) groups excluding carboxylic acids is 1. The molecule has 1 unspecified atom stereocenters. The lowest BCUT2D eigenvalue weighted by molar-refractivity contribution is -0.133. The van der Waals surface area contributed by atoms with Crippen molar-refractivity contribution in [3.63, 3.8) is 0 Å². The average molecular weight is 430 g/mol. The molecule has 0 radical (unpaired) electrons. The number of aryl methyl sites for hydroxylation is 1. The van der Waals surface area contributed by atoms with Crippen LogP contribution in [0.25, 0.3) is 0 Å². The summed E-state index contributed by atoms with van der Waals surface area (Å²) in [6, 6.07) is 11.4. The number of nitrogens with one attached hydrogen (secondary N) is 2. The Kier molecular flexibility index (Phi) is 7.81. The molecule has 1 saturated heterocycles. The topological polar surface area (TPSA) is 78.5 Å². The molecule has 0 bridgehead atoms. The van der Waals surface area contributed by atoms with Crippen LogP contribution in [-0.4, -0.2) is 45.4 Å². The van der Waals surface area contributed by atoms with Crippen molar-refractivity contribution in [2.75, 3.05) is 26.2 Å². The molecule has 2 N–H and O–H groups in total. The van der Waals surface area contributed by atoms with Crippen LogP contribution in [0, 0.1) is 0 Å². The van der Waals surface area contributed by atoms with Gasteiger partial charge < -0.3 is 10.2 Å². The van der Waals surface area contributed by atoms with Gasteiger partial charge in [0.1, 0.15) is 4.21 Å². The molecule has 1 fully saturated rings. The van der Waals surface area contributed by atoms with Gasteiger partial charge in [-0.3, -0.25) is 4.79 Å². The van der Waals surface area contributed by atoms with Gasteiger partial charge in [-0.15, -0.1) is 23.7 Å². The van der Waals surface area contributed by atoms with E-state index >= 15 is 0 Å². The summed E-state index contributed by atoms with van der Waals surface area (Å²) < 4.78 is 27.1. The lowest BCUT2D eigenvalue weighted by Gasteiger charge is -2.36. The van der Waals surface area contributed by atoms with Crippen molar-refractivity contribution >= 4 is 39.7 Å². The summed E-state index contributed by atoms with van der Waals surface area (Å²) in [5, 5.41) is 5.01. The van der Waals surface area contributed by atoms with E-state index in [1.54, 1.807) is 16.3 Å². The molecule has 1 aromatic heterocycles. The average Bonchev–Trinajstić information content (AvgIpc) is 3.22. The van der Waals surface area contributed by atoms with Crippen molar-refractivity contribution in [3.05, 3.63) is 52.9 Å². The monoisotopic (exact) mass is 429 g/mol. The molecule has 1 aromatic carbocycles. The molecule has 1 aliphatic rings. The number of hydrogen-bond acceptors (Lipinski definition) is 5. The molecule has 0 spiro atoms. The van der Waals surface area contributed by atoms with Crippen molar-refractivity contribution in [2.45, 2.75) is 23.6 Å². The van der Waals surface area contributed by atoms with E-state index in [0.29, 0.717) is 19.6 Å². The van der Waals surface area contributed by atoms with E-state index in [9.17, 15) is 13.2 Å². The molecule has 1 amide bonds. The molecule has 148 valence electrons. The number of sulfonamides is 1. The fourth-order valence-electron chi connectivity index (χ4n) is 3.02. The number of halogens is 1. The second-order valence-electron chi connectivity index (χ2n) is 6.16. The molecule has 6 nitrogen and oxygen atoms in total. The first-order valence-corrected chi connectivity index (χ1v) is 11.0. The largest absolute Gasteiger partial charge is 0.332 e. The van der Waals surface area contributed by atoms with Crippen LogP contribution in [0.3, 0.4) is 0 Å². The number of amides is 1. The van der Waals surface area contributed by atoms with Gasteiger partial charge in [0.2, 0.25) is 5.91 Å². The number of rotatable bonds is 6. The Balaban J connectivity index is 0.00000261. The Hall–Kier alpha value is -1.45. The van der Waals surface area contributed by atoms with Gasteiger partial charge in [-0.25, -0.2) is 13.1 Å². The van der Waals surface area contributed by atoms with Gasteiger partial charge in [-0.2, -0.15) is 0 Å². The summed E-state index contributed by atoms with van der Waals surface area (Å²) in [4.78, 5) is 14.5. The summed E-state index contributed by atoms with van der Waals surface area (Å²) >= 11 is 1.13. The van der Waals surface area contributed by atoms with Gasteiger partial charge in [0.15, 0.2) is 0 Å². The van der Waals surface area contributed by atoms with Gasteiger partial charge >= 0.3 is 0 Å². The molecule has 2 heterocycles. The third-order valence-electron chi connectivity index (χ3n) is 4.51. The second-order valence-corrected chi connectivity index (χ2v) is 9.10. The van der Waals surface area contributed by atoms with Gasteiger partial charge in [0.25, 0.3) is 10.0 Å². The molecule has 0 saturated carbocycles. The fourth-order valence-corrected chi connectivity index (χ4v) is 5.03. The van der Waals surface area contributed by atoms with Crippen LogP contribution in [0.4, 0.5) is 0 Å². The maximum atomic E-state index is 12.7. The molecule has 9 heteroatoms. The van der Waals surface area contributed by atoms with E-state index in [2.05, 4.69) is 29.1 Å². The van der Waals surface area contributed by atoms with Crippen molar-refractivity contribution in [3.8, 4) is 0 Å². The first-order valence-electron chi connectivity index (χ1n) is 8.63. The highest BCUT2D eigenvalue weighted by molar-refractivity contribution is 7.91. The Morgan fingerprint density at radius 3 is 2.67 bits per heavy atom. The molecule has 1 aliphatic heterocycles. The van der Waals surface area contributed by atoms with Crippen molar-refractivity contribution in [2.24, 2.45) is 0 Å². The Bertz CT molecular complexity index is 839. The Morgan fingerprint density at radius 1 is 1.30 bits per heavy atom.